The summed E-state index contributed by atoms with van der Waals surface area (Å²) in [7, 11) is -3.69. The zero-order chi connectivity index (χ0) is 10.6. The lowest BCUT2D eigenvalue weighted by molar-refractivity contribution is -1.92. The predicted molar refractivity (Wildman–Crippen MR) is 32.4 cm³/mol. The molecule has 0 aromatic heterocycles. The third kappa shape index (κ3) is 196. The molecule has 0 fully saturated rings. The van der Waals surface area contributed by atoms with Crippen LogP contribution in [0.1, 0.15) is 19.8 Å². The minimum Gasteiger partial charge on any atom is -0.400 e. The highest BCUT2D eigenvalue weighted by molar-refractivity contribution is 4.23. The maximum atomic E-state index is 8.60. The van der Waals surface area contributed by atoms with Crippen molar-refractivity contribution in [2.75, 3.05) is 13.7 Å². The van der Waals surface area contributed by atoms with Gasteiger partial charge in [-0.05, 0) is 6.42 Å². The molecular weight excluding hydrogens is 192 g/mol. The molecule has 0 saturated carbocycles. The molecule has 0 aliphatic carbocycles. The summed E-state index contributed by atoms with van der Waals surface area (Å²) >= 11 is 0. The van der Waals surface area contributed by atoms with Crippen LogP contribution < -0.4 is 14.0 Å². The quantitative estimate of drug-likeness (QED) is 0.426. The molecule has 0 amide bonds. The summed E-state index contributed by atoms with van der Waals surface area (Å²) in [4.78, 5) is 0. The number of halogens is 1. The lowest BCUT2D eigenvalue weighted by Gasteiger charge is -2.03. The largest absolute Gasteiger partial charge is 0.400 e. The highest BCUT2D eigenvalue weighted by Crippen LogP contribution is 1.78. The van der Waals surface area contributed by atoms with Gasteiger partial charge in [0, 0.05) is 13.7 Å². The Bertz CT molecular complexity index is 55.4. The summed E-state index contributed by atoms with van der Waals surface area (Å²) in [5.41, 5.74) is 0. The summed E-state index contributed by atoms with van der Waals surface area (Å²) in [5, 5.41) is 15.1. The highest BCUT2D eigenvalue weighted by Gasteiger charge is 1.98. The van der Waals surface area contributed by atoms with Gasteiger partial charge in [0.1, 0.15) is 0 Å². The molecule has 0 bridgehead atoms. The summed E-state index contributed by atoms with van der Waals surface area (Å²) in [6, 6.07) is 0. The van der Waals surface area contributed by atoms with Crippen molar-refractivity contribution in [3.05, 3.63) is 0 Å². The minimum atomic E-state index is -4.69. The van der Waals surface area contributed by atoms with Gasteiger partial charge in [0.25, 0.3) is 0 Å². The van der Waals surface area contributed by atoms with Crippen LogP contribution in [0.4, 0.5) is 0 Å². The predicted octanol–water partition coefficient (Wildman–Crippen LogP) is -3.74. The summed E-state index contributed by atoms with van der Waals surface area (Å²) < 4.78 is 32.7. The number of rotatable bonds is 2. The van der Waals surface area contributed by atoms with Crippen molar-refractivity contribution in [1.82, 2.24) is 0 Å². The van der Waals surface area contributed by atoms with Crippen LogP contribution in [0.15, 0.2) is 0 Å². The van der Waals surface area contributed by atoms with Crippen LogP contribution in [0.3, 0.4) is 0 Å². The Morgan fingerprint density at radius 3 is 1.42 bits per heavy atom. The average molecular weight is 207 g/mol. The highest BCUT2D eigenvalue weighted by atomic mass is 35.7. The van der Waals surface area contributed by atoms with Crippen LogP contribution in [0.25, 0.3) is 0 Å². The van der Waals surface area contributed by atoms with Crippen molar-refractivity contribution in [1.29, 1.82) is 0 Å². The fourth-order valence-electron chi connectivity index (χ4n) is 0.158. The van der Waals surface area contributed by atoms with Crippen LogP contribution in [0.2, 0.25) is 0 Å². The van der Waals surface area contributed by atoms with Crippen molar-refractivity contribution >= 4 is 0 Å². The zero-order valence-corrected chi connectivity index (χ0v) is 7.82. The van der Waals surface area contributed by atoms with E-state index in [0.29, 0.717) is 6.61 Å². The Hall–Kier alpha value is 0.0500. The minimum absolute atomic E-state index is 0.344. The van der Waals surface area contributed by atoms with Crippen molar-refractivity contribution in [2.45, 2.75) is 19.8 Å². The Balaban J connectivity index is -0.000000112. The first kappa shape index (κ1) is 18.0. The van der Waals surface area contributed by atoms with Gasteiger partial charge in [-0.25, -0.2) is 0 Å². The van der Waals surface area contributed by atoms with Gasteiger partial charge in [-0.3, -0.25) is 0 Å². The van der Waals surface area contributed by atoms with E-state index in [4.69, 9.17) is 28.8 Å². The maximum Gasteiger partial charge on any atom is 0.0777 e. The molecule has 0 unspecified atom stereocenters. The lowest BCUT2D eigenvalue weighted by Crippen LogP contribution is -2.58. The van der Waals surface area contributed by atoms with Crippen molar-refractivity contribution in [3.8, 4) is 0 Å². The fraction of sp³-hybridized carbons (Fsp3) is 1.00. The molecule has 0 heterocycles. The van der Waals surface area contributed by atoms with Gasteiger partial charge in [0.2, 0.25) is 0 Å². The second-order valence-electron chi connectivity index (χ2n) is 1.47. The molecule has 0 aromatic rings. The van der Waals surface area contributed by atoms with Crippen molar-refractivity contribution in [2.24, 2.45) is 0 Å². The number of hydrogen-bond donors (Lipinski definition) is 3. The molecular formula is C5H15ClO6. The van der Waals surface area contributed by atoms with E-state index in [1.165, 1.54) is 0 Å². The van der Waals surface area contributed by atoms with Gasteiger partial charge in [0.05, 0.1) is 14.9 Å². The molecule has 12 heavy (non-hydrogen) atoms. The Morgan fingerprint density at radius 2 is 1.42 bits per heavy atom. The van der Waals surface area contributed by atoms with Gasteiger partial charge >= 0.3 is 0 Å². The van der Waals surface area contributed by atoms with E-state index in [9.17, 15) is 0 Å². The topological polar surface area (TPSA) is 130 Å². The molecule has 7 heteroatoms. The van der Waals surface area contributed by atoms with Gasteiger partial charge in [-0.1, -0.05) is 13.3 Å². The van der Waals surface area contributed by atoms with Crippen LogP contribution in [-0.2, 0) is 0 Å². The average Bonchev–Trinajstić information content (AvgIpc) is 1.90. The van der Waals surface area contributed by atoms with Gasteiger partial charge < -0.3 is 10.2 Å². The van der Waals surface area contributed by atoms with E-state index in [2.05, 4.69) is 6.92 Å². The maximum absolute atomic E-state index is 8.60. The molecule has 0 aliphatic rings. The SMILES string of the molecule is CCCCO.CO.[O-][Cl+3]([O-])([O-])O. The molecule has 6 nitrogen and oxygen atoms in total. The second-order valence-corrected chi connectivity index (χ2v) is 2.27. The van der Waals surface area contributed by atoms with Crippen LogP contribution in [0.5, 0.6) is 0 Å². The Kier molecular flexibility index (Phi) is 20.4. The van der Waals surface area contributed by atoms with E-state index in [-0.39, 0.29) is 0 Å². The van der Waals surface area contributed by atoms with E-state index in [1.807, 2.05) is 0 Å². The first-order valence-electron chi connectivity index (χ1n) is 3.10. The fourth-order valence-corrected chi connectivity index (χ4v) is 0.158. The zero-order valence-electron chi connectivity index (χ0n) is 7.07. The number of aliphatic hydroxyl groups excluding tert-OH is 2. The van der Waals surface area contributed by atoms with Crippen LogP contribution >= 0.6 is 0 Å². The smallest absolute Gasteiger partial charge is 0.0777 e. The summed E-state index contributed by atoms with van der Waals surface area (Å²) in [6.07, 6.45) is 2.04. The standard InChI is InChI=1S/C4H10O.CH4O.ClHO4/c1-2-3-4-5;1-2;2-1(3,4)5/h5H,2-4H2,1H3;2H,1H3;(H,2,3,4,5). The monoisotopic (exact) mass is 206 g/mol. The van der Waals surface area contributed by atoms with Crippen LogP contribution in [-0.4, -0.2) is 28.6 Å². The van der Waals surface area contributed by atoms with Crippen molar-refractivity contribution in [3.63, 3.8) is 0 Å². The third-order valence-electron chi connectivity index (χ3n) is 0.512. The normalized spacial score (nSPS) is 9.00. The summed E-state index contributed by atoms with van der Waals surface area (Å²) in [5.74, 6) is 0. The Labute approximate surface area is 73.4 Å². The first-order valence-corrected chi connectivity index (χ1v) is 4.37. The second kappa shape index (κ2) is 13.6. The van der Waals surface area contributed by atoms with Crippen molar-refractivity contribution < 1.29 is 39.1 Å². The number of aliphatic hydroxyl groups is 2. The van der Waals surface area contributed by atoms with Gasteiger partial charge in [-0.2, -0.15) is 14.0 Å². The molecule has 0 aromatic carbocycles. The molecule has 0 radical (unpaired) electrons. The van der Waals surface area contributed by atoms with E-state index < -0.39 is 10.2 Å². The lowest BCUT2D eigenvalue weighted by atomic mass is 10.4. The van der Waals surface area contributed by atoms with Gasteiger partial charge in [0.15, 0.2) is 0 Å². The first-order chi connectivity index (χ1) is 5.41. The van der Waals surface area contributed by atoms with Crippen LogP contribution in [0, 0.1) is 10.2 Å². The molecule has 0 spiro atoms. The number of unbranched alkanes of at least 4 members (excludes halogenated alkanes) is 1. The van der Waals surface area contributed by atoms with E-state index in [0.717, 1.165) is 20.0 Å². The molecule has 0 aliphatic heterocycles. The third-order valence-corrected chi connectivity index (χ3v) is 0.512. The molecule has 0 rings (SSSR count). The van der Waals surface area contributed by atoms with E-state index >= 15 is 0 Å². The van der Waals surface area contributed by atoms with Gasteiger partial charge in [-0.15, -0.1) is 0 Å². The molecule has 0 atom stereocenters. The molecule has 78 valence electrons. The molecule has 0 saturated heterocycles. The number of hydrogen-bond acceptors (Lipinski definition) is 6. The Morgan fingerprint density at radius 1 is 1.17 bits per heavy atom. The molecule has 3 N–H and O–H groups in total. The summed E-state index contributed by atoms with van der Waals surface area (Å²) in [6.45, 7) is 2.40. The van der Waals surface area contributed by atoms with E-state index in [1.54, 1.807) is 0 Å².